The highest BCUT2D eigenvalue weighted by molar-refractivity contribution is 7.80. The van der Waals surface area contributed by atoms with Gasteiger partial charge in [-0.15, -0.1) is 0 Å². The van der Waals surface area contributed by atoms with Gasteiger partial charge in [-0.1, -0.05) is 60.7 Å². The monoisotopic (exact) mass is 335 g/mol. The van der Waals surface area contributed by atoms with Crippen LogP contribution in [0.15, 0.2) is 60.7 Å². The Bertz CT molecular complexity index is 673. The van der Waals surface area contributed by atoms with Crippen molar-refractivity contribution in [1.29, 1.82) is 0 Å². The molecule has 1 N–H and O–H groups in total. The summed E-state index contributed by atoms with van der Waals surface area (Å²) in [6, 6.07) is 18.9. The normalized spacial score (nSPS) is 12.5. The van der Waals surface area contributed by atoms with E-state index in [9.17, 15) is 13.0 Å². The SMILES string of the molecule is CN(C)C(Cc1ccccc1)(Cc1ccccc1)OS(=O)(=O)O. The Labute approximate surface area is 137 Å². The summed E-state index contributed by atoms with van der Waals surface area (Å²) in [7, 11) is -1.14. The molecule has 0 unspecified atom stereocenters. The second-order valence-electron chi connectivity index (χ2n) is 5.68. The first-order valence-electron chi connectivity index (χ1n) is 7.24. The van der Waals surface area contributed by atoms with Crippen molar-refractivity contribution < 1.29 is 17.2 Å². The molecule has 0 aromatic heterocycles. The third kappa shape index (κ3) is 5.14. The van der Waals surface area contributed by atoms with E-state index in [1.807, 2.05) is 60.7 Å². The highest BCUT2D eigenvalue weighted by Gasteiger charge is 2.39. The number of hydrogen-bond acceptors (Lipinski definition) is 4. The second-order valence-corrected chi connectivity index (χ2v) is 6.70. The second kappa shape index (κ2) is 7.23. The first-order valence-corrected chi connectivity index (χ1v) is 8.61. The van der Waals surface area contributed by atoms with Gasteiger partial charge in [0, 0.05) is 12.8 Å². The molecule has 23 heavy (non-hydrogen) atoms. The van der Waals surface area contributed by atoms with Gasteiger partial charge in [0.2, 0.25) is 0 Å². The molecule has 0 bridgehead atoms. The fourth-order valence-corrected chi connectivity index (χ4v) is 3.20. The summed E-state index contributed by atoms with van der Waals surface area (Å²) >= 11 is 0. The van der Waals surface area contributed by atoms with Crippen molar-refractivity contribution in [2.45, 2.75) is 18.6 Å². The molecule has 0 saturated heterocycles. The summed E-state index contributed by atoms with van der Waals surface area (Å²) in [4.78, 5) is 1.68. The average molecular weight is 335 g/mol. The third-order valence-corrected chi connectivity index (χ3v) is 4.24. The lowest BCUT2D eigenvalue weighted by molar-refractivity contribution is -0.0587. The number of likely N-dealkylation sites (N-methyl/N-ethyl adjacent to an activating group) is 1. The predicted molar refractivity (Wildman–Crippen MR) is 89.3 cm³/mol. The molecular formula is C17H21NO4S. The van der Waals surface area contributed by atoms with Gasteiger partial charge in [-0.2, -0.15) is 8.42 Å². The molecule has 0 saturated carbocycles. The van der Waals surface area contributed by atoms with Crippen LogP contribution in [0.25, 0.3) is 0 Å². The van der Waals surface area contributed by atoms with E-state index in [-0.39, 0.29) is 0 Å². The largest absolute Gasteiger partial charge is 0.399 e. The molecule has 2 rings (SSSR count). The van der Waals surface area contributed by atoms with Gasteiger partial charge in [0.15, 0.2) is 5.72 Å². The fraction of sp³-hybridized carbons (Fsp3) is 0.294. The summed E-state index contributed by atoms with van der Waals surface area (Å²) in [5.74, 6) is 0. The number of hydrogen-bond donors (Lipinski definition) is 1. The standard InChI is InChI=1S/C17H21NO4S/c1-18(2)17(22-23(19,20)21,13-15-9-5-3-6-10-15)14-16-11-7-4-8-12-16/h3-12H,13-14H2,1-2H3,(H,19,20,21). The lowest BCUT2D eigenvalue weighted by Gasteiger charge is -2.38. The van der Waals surface area contributed by atoms with Crippen molar-refractivity contribution in [3.63, 3.8) is 0 Å². The average Bonchev–Trinajstić information content (AvgIpc) is 2.47. The van der Waals surface area contributed by atoms with Gasteiger partial charge < -0.3 is 0 Å². The minimum Gasteiger partial charge on any atom is -0.280 e. The van der Waals surface area contributed by atoms with E-state index in [2.05, 4.69) is 0 Å². The third-order valence-electron chi connectivity index (χ3n) is 3.72. The van der Waals surface area contributed by atoms with E-state index in [0.29, 0.717) is 12.8 Å². The maximum Gasteiger partial charge on any atom is 0.399 e. The van der Waals surface area contributed by atoms with Crippen LogP contribution >= 0.6 is 0 Å². The molecule has 0 aliphatic heterocycles. The van der Waals surface area contributed by atoms with Crippen LogP contribution in [0, 0.1) is 0 Å². The number of benzene rings is 2. The van der Waals surface area contributed by atoms with Crippen LogP contribution in [0.2, 0.25) is 0 Å². The minimum absolute atomic E-state index is 0.315. The number of nitrogens with zero attached hydrogens (tertiary/aromatic N) is 1. The zero-order valence-corrected chi connectivity index (χ0v) is 14.0. The van der Waals surface area contributed by atoms with Crippen molar-refractivity contribution in [1.82, 2.24) is 4.90 Å². The fourth-order valence-electron chi connectivity index (χ4n) is 2.54. The summed E-state index contributed by atoms with van der Waals surface area (Å²) in [5.41, 5.74) is 0.623. The Balaban J connectivity index is 2.42. The van der Waals surface area contributed by atoms with Gasteiger partial charge >= 0.3 is 10.4 Å². The van der Waals surface area contributed by atoms with E-state index >= 15 is 0 Å². The molecule has 0 radical (unpaired) electrons. The van der Waals surface area contributed by atoms with Crippen molar-refractivity contribution in [2.24, 2.45) is 0 Å². The van der Waals surface area contributed by atoms with Crippen LogP contribution in [-0.2, 0) is 27.4 Å². The maximum atomic E-state index is 11.4. The Kier molecular flexibility index (Phi) is 5.54. The summed E-state index contributed by atoms with van der Waals surface area (Å²) in [6.45, 7) is 0. The molecule has 0 fully saturated rings. The van der Waals surface area contributed by atoms with Crippen LogP contribution in [0.4, 0.5) is 0 Å². The van der Waals surface area contributed by atoms with E-state index in [1.54, 1.807) is 19.0 Å². The molecule has 124 valence electrons. The van der Waals surface area contributed by atoms with Crippen molar-refractivity contribution >= 4 is 10.4 Å². The van der Waals surface area contributed by atoms with E-state index in [4.69, 9.17) is 4.18 Å². The Morgan fingerprint density at radius 1 is 0.913 bits per heavy atom. The molecule has 0 atom stereocenters. The van der Waals surface area contributed by atoms with Crippen LogP contribution < -0.4 is 0 Å². The van der Waals surface area contributed by atoms with Crippen LogP contribution in [0.5, 0.6) is 0 Å². The molecule has 5 nitrogen and oxygen atoms in total. The summed E-state index contributed by atoms with van der Waals surface area (Å²) in [5, 5.41) is 0. The molecule has 0 amide bonds. The topological polar surface area (TPSA) is 66.8 Å². The van der Waals surface area contributed by atoms with Gasteiger partial charge in [0.25, 0.3) is 0 Å². The summed E-state index contributed by atoms with van der Waals surface area (Å²) in [6.07, 6.45) is 0.630. The highest BCUT2D eigenvalue weighted by Crippen LogP contribution is 2.27. The Morgan fingerprint density at radius 3 is 1.61 bits per heavy atom. The molecule has 0 heterocycles. The number of rotatable bonds is 7. The molecule has 0 aliphatic rings. The quantitative estimate of drug-likeness (QED) is 0.622. The van der Waals surface area contributed by atoms with Gasteiger partial charge in [-0.25, -0.2) is 4.18 Å². The smallest absolute Gasteiger partial charge is 0.280 e. The lowest BCUT2D eigenvalue weighted by atomic mass is 9.94. The Morgan fingerprint density at radius 2 is 1.30 bits per heavy atom. The molecule has 0 aliphatic carbocycles. The van der Waals surface area contributed by atoms with Crippen molar-refractivity contribution in [3.8, 4) is 0 Å². The van der Waals surface area contributed by atoms with E-state index in [1.165, 1.54) is 0 Å². The van der Waals surface area contributed by atoms with Crippen LogP contribution in [0.1, 0.15) is 11.1 Å². The van der Waals surface area contributed by atoms with Gasteiger partial charge in [-0.05, 0) is 25.2 Å². The minimum atomic E-state index is -4.61. The molecule has 2 aromatic carbocycles. The Hall–Kier alpha value is -1.73. The zero-order chi connectivity index (χ0) is 16.9. The zero-order valence-electron chi connectivity index (χ0n) is 13.2. The molecule has 6 heteroatoms. The first-order chi connectivity index (χ1) is 10.8. The van der Waals surface area contributed by atoms with Crippen molar-refractivity contribution in [3.05, 3.63) is 71.8 Å². The predicted octanol–water partition coefficient (Wildman–Crippen LogP) is 2.55. The molecular weight excluding hydrogens is 314 g/mol. The van der Waals surface area contributed by atoms with Gasteiger partial charge in [0.1, 0.15) is 0 Å². The maximum absolute atomic E-state index is 11.4. The highest BCUT2D eigenvalue weighted by atomic mass is 32.3. The van der Waals surface area contributed by atoms with Crippen LogP contribution in [0.3, 0.4) is 0 Å². The molecule has 2 aromatic rings. The first kappa shape index (κ1) is 17.6. The van der Waals surface area contributed by atoms with Gasteiger partial charge in [-0.3, -0.25) is 9.45 Å². The summed E-state index contributed by atoms with van der Waals surface area (Å²) < 4.78 is 37.3. The van der Waals surface area contributed by atoms with E-state index in [0.717, 1.165) is 11.1 Å². The molecule has 0 spiro atoms. The van der Waals surface area contributed by atoms with E-state index < -0.39 is 16.1 Å². The van der Waals surface area contributed by atoms with Crippen LogP contribution in [-0.4, -0.2) is 37.7 Å². The van der Waals surface area contributed by atoms with Gasteiger partial charge in [0.05, 0.1) is 0 Å². The lowest BCUT2D eigenvalue weighted by Crippen LogP contribution is -2.51. The van der Waals surface area contributed by atoms with Crippen molar-refractivity contribution in [2.75, 3.05) is 14.1 Å².